The first-order chi connectivity index (χ1) is 9.12. The molecule has 0 saturated heterocycles. The van der Waals surface area contributed by atoms with E-state index in [9.17, 15) is 13.2 Å². The summed E-state index contributed by atoms with van der Waals surface area (Å²) in [4.78, 5) is 12.5. The van der Waals surface area contributed by atoms with E-state index in [1.54, 1.807) is 13.8 Å². The van der Waals surface area contributed by atoms with Crippen LogP contribution in [-0.4, -0.2) is 26.5 Å². The summed E-state index contributed by atoms with van der Waals surface area (Å²) in [7, 11) is -3.47. The van der Waals surface area contributed by atoms with Crippen LogP contribution in [0.3, 0.4) is 0 Å². The van der Waals surface area contributed by atoms with Gasteiger partial charge < -0.3 is 11.1 Å². The van der Waals surface area contributed by atoms with Crippen molar-refractivity contribution in [2.45, 2.75) is 38.1 Å². The molecule has 7 heteroatoms. The summed E-state index contributed by atoms with van der Waals surface area (Å²) in [5.41, 5.74) is 6.02. The smallest absolute Gasteiger partial charge is 0.180 e. The third kappa shape index (κ3) is 2.83. The standard InChI is InChI=1S/C13H20N2O3S2/c1-6(2)10(16)11-9(14)12(20(4,17)18)13(19-11)15-8-5-7(8)3/h6-8,15H,5,14H2,1-4H3. The number of hydrogen-bond acceptors (Lipinski definition) is 6. The molecule has 2 atom stereocenters. The Kier molecular flexibility index (Phi) is 3.85. The average Bonchev–Trinajstić information content (AvgIpc) is 2.86. The summed E-state index contributed by atoms with van der Waals surface area (Å²) >= 11 is 1.15. The van der Waals surface area contributed by atoms with E-state index in [0.29, 0.717) is 15.8 Å². The molecule has 2 unspecified atom stereocenters. The average molecular weight is 316 g/mol. The molecule has 20 heavy (non-hydrogen) atoms. The molecule has 0 aromatic carbocycles. The SMILES string of the molecule is CC(C)C(=O)c1sc(NC2CC2C)c(S(C)(=O)=O)c1N. The van der Waals surface area contributed by atoms with Crippen LogP contribution in [0, 0.1) is 11.8 Å². The van der Waals surface area contributed by atoms with Crippen molar-refractivity contribution < 1.29 is 13.2 Å². The van der Waals surface area contributed by atoms with Crippen LogP contribution in [0.5, 0.6) is 0 Å². The van der Waals surface area contributed by atoms with Crippen LogP contribution in [0.15, 0.2) is 4.90 Å². The molecule has 1 saturated carbocycles. The highest BCUT2D eigenvalue weighted by Crippen LogP contribution is 2.43. The monoisotopic (exact) mass is 316 g/mol. The number of nitrogens with two attached hydrogens (primary N) is 1. The minimum absolute atomic E-state index is 0.0746. The number of rotatable bonds is 5. The molecular formula is C13H20N2O3S2. The predicted octanol–water partition coefficient (Wildman–Crippen LogP) is 2.39. The first kappa shape index (κ1) is 15.3. The molecule has 0 amide bonds. The highest BCUT2D eigenvalue weighted by molar-refractivity contribution is 7.91. The lowest BCUT2D eigenvalue weighted by Crippen LogP contribution is -2.10. The molecule has 3 N–H and O–H groups in total. The van der Waals surface area contributed by atoms with E-state index in [1.807, 2.05) is 0 Å². The Labute approximate surface area is 123 Å². The fraction of sp³-hybridized carbons (Fsp3) is 0.615. The van der Waals surface area contributed by atoms with Crippen molar-refractivity contribution in [2.75, 3.05) is 17.3 Å². The van der Waals surface area contributed by atoms with Crippen molar-refractivity contribution in [1.29, 1.82) is 0 Å². The molecule has 1 aromatic rings. The van der Waals surface area contributed by atoms with E-state index >= 15 is 0 Å². The topological polar surface area (TPSA) is 89.3 Å². The fourth-order valence-corrected chi connectivity index (χ4v) is 4.74. The Bertz CT molecular complexity index is 647. The Morgan fingerprint density at radius 1 is 1.45 bits per heavy atom. The zero-order chi connectivity index (χ0) is 15.2. The van der Waals surface area contributed by atoms with E-state index in [2.05, 4.69) is 12.2 Å². The van der Waals surface area contributed by atoms with Gasteiger partial charge in [0.15, 0.2) is 15.6 Å². The van der Waals surface area contributed by atoms with Crippen LogP contribution < -0.4 is 11.1 Å². The van der Waals surface area contributed by atoms with E-state index in [4.69, 9.17) is 5.73 Å². The Morgan fingerprint density at radius 3 is 2.40 bits per heavy atom. The van der Waals surface area contributed by atoms with Gasteiger partial charge in [0.25, 0.3) is 0 Å². The van der Waals surface area contributed by atoms with Gasteiger partial charge in [-0.2, -0.15) is 0 Å². The minimum Gasteiger partial charge on any atom is -0.396 e. The minimum atomic E-state index is -3.47. The number of Topliss-reactive ketones (excluding diaryl/α,β-unsaturated/α-hetero) is 1. The maximum absolute atomic E-state index is 12.1. The van der Waals surface area contributed by atoms with Gasteiger partial charge in [0, 0.05) is 18.2 Å². The van der Waals surface area contributed by atoms with Gasteiger partial charge in [0.1, 0.15) is 9.90 Å². The van der Waals surface area contributed by atoms with Gasteiger partial charge in [0.05, 0.1) is 10.6 Å². The van der Waals surface area contributed by atoms with Crippen molar-refractivity contribution in [3.63, 3.8) is 0 Å². The van der Waals surface area contributed by atoms with Crippen LogP contribution in [0.4, 0.5) is 10.7 Å². The van der Waals surface area contributed by atoms with E-state index < -0.39 is 9.84 Å². The molecule has 0 radical (unpaired) electrons. The molecule has 0 aliphatic heterocycles. The molecule has 1 aliphatic carbocycles. The first-order valence-corrected chi connectivity index (χ1v) is 9.26. The fourth-order valence-electron chi connectivity index (χ4n) is 2.03. The zero-order valence-corrected chi connectivity index (χ0v) is 13.7. The number of anilines is 2. The maximum atomic E-state index is 12.1. The van der Waals surface area contributed by atoms with Crippen molar-refractivity contribution in [2.24, 2.45) is 11.8 Å². The first-order valence-electron chi connectivity index (χ1n) is 6.56. The van der Waals surface area contributed by atoms with E-state index in [0.717, 1.165) is 24.0 Å². The predicted molar refractivity (Wildman–Crippen MR) is 82.2 cm³/mol. The van der Waals surface area contributed by atoms with Crippen molar-refractivity contribution >= 4 is 37.6 Å². The zero-order valence-electron chi connectivity index (χ0n) is 12.1. The molecule has 1 aliphatic rings. The lowest BCUT2D eigenvalue weighted by Gasteiger charge is -2.05. The Balaban J connectivity index is 2.49. The second-order valence-electron chi connectivity index (χ2n) is 5.76. The molecule has 1 heterocycles. The van der Waals surface area contributed by atoms with E-state index in [-0.39, 0.29) is 28.3 Å². The van der Waals surface area contributed by atoms with Crippen molar-refractivity contribution in [1.82, 2.24) is 0 Å². The molecule has 1 aromatic heterocycles. The lowest BCUT2D eigenvalue weighted by molar-refractivity contribution is 0.0944. The molecule has 0 bridgehead atoms. The summed E-state index contributed by atoms with van der Waals surface area (Å²) in [6.45, 7) is 5.64. The third-order valence-corrected chi connectivity index (χ3v) is 5.89. The number of nitrogens with one attached hydrogen (secondary N) is 1. The molecule has 1 fully saturated rings. The number of hydrogen-bond donors (Lipinski definition) is 2. The Hall–Kier alpha value is -1.08. The number of thiophene rings is 1. The number of sulfone groups is 1. The summed E-state index contributed by atoms with van der Waals surface area (Å²) in [6, 6.07) is 0.274. The summed E-state index contributed by atoms with van der Waals surface area (Å²) in [5, 5.41) is 3.71. The van der Waals surface area contributed by atoms with E-state index in [1.165, 1.54) is 0 Å². The Morgan fingerprint density at radius 2 is 2.00 bits per heavy atom. The quantitative estimate of drug-likeness (QED) is 0.814. The van der Waals surface area contributed by atoms with Gasteiger partial charge in [-0.25, -0.2) is 8.42 Å². The molecule has 112 valence electrons. The van der Waals surface area contributed by atoms with Crippen molar-refractivity contribution in [3.05, 3.63) is 4.88 Å². The van der Waals surface area contributed by atoms with Crippen molar-refractivity contribution in [3.8, 4) is 0 Å². The van der Waals surface area contributed by atoms with Crippen LogP contribution in [0.2, 0.25) is 0 Å². The number of carbonyl (C=O) groups excluding carboxylic acids is 1. The second-order valence-corrected chi connectivity index (χ2v) is 8.73. The van der Waals surface area contributed by atoms with Gasteiger partial charge in [-0.1, -0.05) is 20.8 Å². The van der Waals surface area contributed by atoms with Gasteiger partial charge in [0.2, 0.25) is 0 Å². The lowest BCUT2D eigenvalue weighted by atomic mass is 10.1. The molecule has 2 rings (SSSR count). The maximum Gasteiger partial charge on any atom is 0.180 e. The van der Waals surface area contributed by atoms with Crippen LogP contribution in [-0.2, 0) is 9.84 Å². The van der Waals surface area contributed by atoms with Crippen LogP contribution in [0.25, 0.3) is 0 Å². The normalized spacial score (nSPS) is 22.1. The molecule has 0 spiro atoms. The largest absolute Gasteiger partial charge is 0.396 e. The number of ketones is 1. The van der Waals surface area contributed by atoms with Crippen LogP contribution >= 0.6 is 11.3 Å². The van der Waals surface area contributed by atoms with Gasteiger partial charge in [-0.3, -0.25) is 4.79 Å². The molecular weight excluding hydrogens is 296 g/mol. The van der Waals surface area contributed by atoms with Gasteiger partial charge in [-0.05, 0) is 12.3 Å². The number of nitrogen functional groups attached to an aromatic ring is 1. The molecule has 5 nitrogen and oxygen atoms in total. The summed E-state index contributed by atoms with van der Waals surface area (Å²) in [6.07, 6.45) is 2.13. The number of carbonyl (C=O) groups is 1. The highest BCUT2D eigenvalue weighted by atomic mass is 32.2. The highest BCUT2D eigenvalue weighted by Gasteiger charge is 2.36. The second kappa shape index (κ2) is 5.04. The third-order valence-electron chi connectivity index (χ3n) is 3.44. The summed E-state index contributed by atoms with van der Waals surface area (Å²) < 4.78 is 23.9. The van der Waals surface area contributed by atoms with Gasteiger partial charge in [-0.15, -0.1) is 11.3 Å². The van der Waals surface area contributed by atoms with Crippen LogP contribution in [0.1, 0.15) is 36.9 Å². The summed E-state index contributed by atoms with van der Waals surface area (Å²) in [5.74, 6) is 0.195. The van der Waals surface area contributed by atoms with Gasteiger partial charge >= 0.3 is 0 Å².